The number of hydrogen-bond acceptors (Lipinski definition) is 5. The van der Waals surface area contributed by atoms with Gasteiger partial charge in [0.1, 0.15) is 5.56 Å². The van der Waals surface area contributed by atoms with Crippen molar-refractivity contribution in [3.05, 3.63) is 41.7 Å². The second-order valence-corrected chi connectivity index (χ2v) is 6.43. The van der Waals surface area contributed by atoms with Gasteiger partial charge in [-0.2, -0.15) is 5.10 Å². The molecule has 2 aromatic heterocycles. The number of amides is 1. The van der Waals surface area contributed by atoms with Crippen molar-refractivity contribution in [2.24, 2.45) is 7.05 Å². The van der Waals surface area contributed by atoms with Gasteiger partial charge < -0.3 is 14.6 Å². The first-order chi connectivity index (χ1) is 13.4. The average molecular weight is 384 g/mol. The number of aryl methyl sites for hydroxylation is 1. The summed E-state index contributed by atoms with van der Waals surface area (Å²) in [7, 11) is 1.57. The molecule has 3 aromatic rings. The summed E-state index contributed by atoms with van der Waals surface area (Å²) in [6.07, 6.45) is 1.31. The maximum atomic E-state index is 12.7. The summed E-state index contributed by atoms with van der Waals surface area (Å²) in [5.74, 6) is -1.42. The Morgan fingerprint density at radius 3 is 2.61 bits per heavy atom. The number of hydrogen-bond donors (Lipinski definition) is 2. The van der Waals surface area contributed by atoms with Gasteiger partial charge in [-0.25, -0.2) is 9.78 Å². The number of rotatable bonds is 8. The first-order valence-corrected chi connectivity index (χ1v) is 9.20. The predicted octanol–water partition coefficient (Wildman–Crippen LogP) is 2.06. The zero-order valence-electron chi connectivity index (χ0n) is 16.2. The Labute approximate surface area is 162 Å². The van der Waals surface area contributed by atoms with Crippen LogP contribution in [0.15, 0.2) is 30.5 Å². The molecule has 0 fully saturated rings. The van der Waals surface area contributed by atoms with E-state index in [0.29, 0.717) is 12.5 Å². The maximum absolute atomic E-state index is 12.7. The monoisotopic (exact) mass is 384 g/mol. The number of carbonyl (C=O) groups is 2. The summed E-state index contributed by atoms with van der Waals surface area (Å²) in [6, 6.07) is 7.63. The van der Waals surface area contributed by atoms with Crippen LogP contribution in [0.25, 0.3) is 11.0 Å². The van der Waals surface area contributed by atoms with Crippen LogP contribution in [-0.4, -0.2) is 60.8 Å². The van der Waals surface area contributed by atoms with Gasteiger partial charge in [-0.05, 0) is 25.2 Å². The summed E-state index contributed by atoms with van der Waals surface area (Å²) in [4.78, 5) is 30.9. The third-order valence-electron chi connectivity index (χ3n) is 4.69. The van der Waals surface area contributed by atoms with Crippen LogP contribution in [0.3, 0.4) is 0 Å². The van der Waals surface area contributed by atoms with Crippen molar-refractivity contribution in [1.29, 1.82) is 0 Å². The van der Waals surface area contributed by atoms with Crippen molar-refractivity contribution in [2.75, 3.05) is 25.0 Å². The molecule has 148 valence electrons. The molecule has 1 aromatic carbocycles. The second kappa shape index (κ2) is 8.22. The molecule has 2 heterocycles. The van der Waals surface area contributed by atoms with E-state index in [-0.39, 0.29) is 11.3 Å². The lowest BCUT2D eigenvalue weighted by Crippen LogP contribution is -2.28. The molecule has 1 amide bonds. The minimum atomic E-state index is -1.20. The Morgan fingerprint density at radius 2 is 1.93 bits per heavy atom. The number of nitrogens with zero attached hydrogens (tertiary/aromatic N) is 5. The van der Waals surface area contributed by atoms with E-state index in [9.17, 15) is 14.7 Å². The van der Waals surface area contributed by atoms with Gasteiger partial charge in [-0.1, -0.05) is 26.0 Å². The summed E-state index contributed by atoms with van der Waals surface area (Å²) in [6.45, 7) is 7.52. The number of anilines is 1. The molecule has 0 bridgehead atoms. The van der Waals surface area contributed by atoms with Gasteiger partial charge in [-0.15, -0.1) is 0 Å². The molecule has 3 rings (SSSR count). The first kappa shape index (κ1) is 19.6. The highest BCUT2D eigenvalue weighted by Crippen LogP contribution is 2.20. The van der Waals surface area contributed by atoms with Crippen LogP contribution in [0.1, 0.15) is 34.7 Å². The van der Waals surface area contributed by atoms with Gasteiger partial charge in [-0.3, -0.25) is 14.8 Å². The number of imidazole rings is 1. The van der Waals surface area contributed by atoms with Gasteiger partial charge in [0.15, 0.2) is 5.69 Å². The van der Waals surface area contributed by atoms with Crippen LogP contribution >= 0.6 is 0 Å². The lowest BCUT2D eigenvalue weighted by atomic mass is 10.2. The van der Waals surface area contributed by atoms with Crippen molar-refractivity contribution in [3.63, 3.8) is 0 Å². The molecule has 2 N–H and O–H groups in total. The molecular formula is C19H24N6O3. The summed E-state index contributed by atoms with van der Waals surface area (Å²) in [5, 5.41) is 16.0. The Hall–Kier alpha value is -3.20. The van der Waals surface area contributed by atoms with Crippen molar-refractivity contribution in [1.82, 2.24) is 24.2 Å². The van der Waals surface area contributed by atoms with Crippen LogP contribution in [0.4, 0.5) is 5.95 Å². The van der Waals surface area contributed by atoms with Crippen molar-refractivity contribution in [2.45, 2.75) is 20.4 Å². The van der Waals surface area contributed by atoms with Crippen molar-refractivity contribution < 1.29 is 14.7 Å². The number of nitrogens with one attached hydrogen (secondary N) is 1. The molecule has 0 radical (unpaired) electrons. The van der Waals surface area contributed by atoms with E-state index < -0.39 is 11.9 Å². The third-order valence-corrected chi connectivity index (χ3v) is 4.69. The number of aromatic nitrogens is 4. The fourth-order valence-corrected chi connectivity index (χ4v) is 3.15. The fourth-order valence-electron chi connectivity index (χ4n) is 3.15. The van der Waals surface area contributed by atoms with Crippen LogP contribution < -0.4 is 5.32 Å². The fraction of sp³-hybridized carbons (Fsp3) is 0.368. The van der Waals surface area contributed by atoms with E-state index >= 15 is 0 Å². The van der Waals surface area contributed by atoms with Gasteiger partial charge >= 0.3 is 5.97 Å². The smallest absolute Gasteiger partial charge is 0.339 e. The number of aromatic carboxylic acids is 1. The SMILES string of the molecule is CCN(CC)CCn1c(NC(=O)c2nn(C)cc2C(=O)O)nc2ccccc21. The quantitative estimate of drug-likeness (QED) is 0.616. The summed E-state index contributed by atoms with van der Waals surface area (Å²) >= 11 is 0. The molecule has 0 saturated heterocycles. The Morgan fingerprint density at radius 1 is 1.21 bits per heavy atom. The van der Waals surface area contributed by atoms with E-state index in [4.69, 9.17) is 0 Å². The normalized spacial score (nSPS) is 11.3. The maximum Gasteiger partial charge on any atom is 0.339 e. The van der Waals surface area contributed by atoms with Crippen LogP contribution in [0.2, 0.25) is 0 Å². The molecule has 0 unspecified atom stereocenters. The van der Waals surface area contributed by atoms with Gasteiger partial charge in [0.2, 0.25) is 5.95 Å². The number of carbonyl (C=O) groups excluding carboxylic acids is 1. The number of benzene rings is 1. The van der Waals surface area contributed by atoms with E-state index in [1.54, 1.807) is 7.05 Å². The molecule has 0 atom stereocenters. The number of carboxylic acids is 1. The Kier molecular flexibility index (Phi) is 5.74. The zero-order valence-corrected chi connectivity index (χ0v) is 16.2. The topological polar surface area (TPSA) is 105 Å². The Balaban J connectivity index is 1.93. The standard InChI is InChI=1S/C19H24N6O3/c1-4-24(5-2)10-11-25-15-9-7-6-8-14(15)20-19(25)21-17(26)16-13(18(27)28)12-23(3)22-16/h6-9,12H,4-5,10-11H2,1-3H3,(H,27,28)(H,20,21,26). The number of para-hydroxylation sites is 2. The predicted molar refractivity (Wildman–Crippen MR) is 106 cm³/mol. The minimum Gasteiger partial charge on any atom is -0.478 e. The average Bonchev–Trinajstić information content (AvgIpc) is 3.23. The van der Waals surface area contributed by atoms with Crippen molar-refractivity contribution in [3.8, 4) is 0 Å². The highest BCUT2D eigenvalue weighted by Gasteiger charge is 2.23. The summed E-state index contributed by atoms with van der Waals surface area (Å²) in [5.41, 5.74) is 1.38. The Bertz CT molecular complexity index is 1000. The highest BCUT2D eigenvalue weighted by molar-refractivity contribution is 6.09. The zero-order chi connectivity index (χ0) is 20.3. The molecule has 0 aliphatic carbocycles. The third kappa shape index (κ3) is 3.89. The van der Waals surface area contributed by atoms with Gasteiger partial charge in [0.05, 0.1) is 11.0 Å². The number of fused-ring (bicyclic) bond motifs is 1. The lowest BCUT2D eigenvalue weighted by Gasteiger charge is -2.19. The van der Waals surface area contributed by atoms with Crippen molar-refractivity contribution >= 4 is 28.9 Å². The minimum absolute atomic E-state index is 0.141. The van der Waals surface area contributed by atoms with Gasteiger partial charge in [0, 0.05) is 26.3 Å². The van der Waals surface area contributed by atoms with E-state index in [1.165, 1.54) is 10.9 Å². The molecule has 0 spiro atoms. The number of carboxylic acid groups (broad SMARTS) is 1. The molecule has 9 nitrogen and oxygen atoms in total. The number of likely N-dealkylation sites (N-methyl/N-ethyl adjacent to an activating group) is 1. The first-order valence-electron chi connectivity index (χ1n) is 9.20. The molecule has 0 aliphatic rings. The molecular weight excluding hydrogens is 360 g/mol. The van der Waals surface area contributed by atoms with Crippen LogP contribution in [0.5, 0.6) is 0 Å². The molecule has 0 saturated carbocycles. The highest BCUT2D eigenvalue weighted by atomic mass is 16.4. The van der Waals surface area contributed by atoms with E-state index in [0.717, 1.165) is 30.7 Å². The molecule has 9 heteroatoms. The van der Waals surface area contributed by atoms with Gasteiger partial charge in [0.25, 0.3) is 5.91 Å². The molecule has 28 heavy (non-hydrogen) atoms. The molecule has 0 aliphatic heterocycles. The lowest BCUT2D eigenvalue weighted by molar-refractivity contribution is 0.0692. The largest absolute Gasteiger partial charge is 0.478 e. The second-order valence-electron chi connectivity index (χ2n) is 6.43. The summed E-state index contributed by atoms with van der Waals surface area (Å²) < 4.78 is 3.25. The van der Waals surface area contributed by atoms with E-state index in [1.807, 2.05) is 28.8 Å². The van der Waals surface area contributed by atoms with Crippen LogP contribution in [-0.2, 0) is 13.6 Å². The van der Waals surface area contributed by atoms with E-state index in [2.05, 4.69) is 34.1 Å². The van der Waals surface area contributed by atoms with Crippen LogP contribution in [0, 0.1) is 0 Å².